The minimum absolute atomic E-state index is 0.294. The van der Waals surface area contributed by atoms with E-state index in [2.05, 4.69) is 19.2 Å². The lowest BCUT2D eigenvalue weighted by Gasteiger charge is -2.34. The molecule has 0 radical (unpaired) electrons. The second-order valence-corrected chi connectivity index (χ2v) is 6.65. The van der Waals surface area contributed by atoms with Gasteiger partial charge < -0.3 is 5.32 Å². The Bertz CT molecular complexity index is 441. The molecule has 1 unspecified atom stereocenters. The van der Waals surface area contributed by atoms with Gasteiger partial charge in [-0.15, -0.1) is 0 Å². The van der Waals surface area contributed by atoms with E-state index in [9.17, 15) is 4.39 Å². The molecule has 3 heteroatoms. The number of nitrogens with one attached hydrogen (secondary N) is 1. The molecule has 1 aliphatic rings. The lowest BCUT2D eigenvalue weighted by atomic mass is 9.76. The molecule has 0 heterocycles. The van der Waals surface area contributed by atoms with E-state index < -0.39 is 0 Å². The number of rotatable bonds is 6. The predicted molar refractivity (Wildman–Crippen MR) is 88.3 cm³/mol. The van der Waals surface area contributed by atoms with Crippen molar-refractivity contribution in [3.8, 4) is 0 Å². The molecule has 0 bridgehead atoms. The summed E-state index contributed by atoms with van der Waals surface area (Å²) in [6.07, 6.45) is 7.35. The van der Waals surface area contributed by atoms with E-state index in [0.29, 0.717) is 17.0 Å². The Labute approximate surface area is 133 Å². The summed E-state index contributed by atoms with van der Waals surface area (Å²) in [7, 11) is 0. The summed E-state index contributed by atoms with van der Waals surface area (Å²) in [6, 6.07) is 5.55. The highest BCUT2D eigenvalue weighted by Gasteiger charge is 2.27. The lowest BCUT2D eigenvalue weighted by molar-refractivity contribution is 0.218. The van der Waals surface area contributed by atoms with Crippen molar-refractivity contribution in [1.29, 1.82) is 0 Å². The van der Waals surface area contributed by atoms with Gasteiger partial charge in [-0.1, -0.05) is 56.8 Å². The van der Waals surface area contributed by atoms with E-state index >= 15 is 0 Å². The summed E-state index contributed by atoms with van der Waals surface area (Å²) in [6.45, 7) is 5.38. The fourth-order valence-electron chi connectivity index (χ4n) is 3.61. The second kappa shape index (κ2) is 8.14. The molecule has 0 aliphatic heterocycles. The van der Waals surface area contributed by atoms with Crippen LogP contribution >= 0.6 is 11.6 Å². The Hall–Kier alpha value is -0.600. The number of hydrogen-bond acceptors (Lipinski definition) is 1. The van der Waals surface area contributed by atoms with Gasteiger partial charge in [-0.2, -0.15) is 0 Å². The van der Waals surface area contributed by atoms with Gasteiger partial charge >= 0.3 is 0 Å². The van der Waals surface area contributed by atoms with Crippen molar-refractivity contribution in [2.75, 3.05) is 6.54 Å². The topological polar surface area (TPSA) is 12.0 Å². The molecule has 1 saturated carbocycles. The molecule has 1 aromatic carbocycles. The van der Waals surface area contributed by atoms with Crippen molar-refractivity contribution >= 4 is 11.6 Å². The van der Waals surface area contributed by atoms with Crippen molar-refractivity contribution in [2.24, 2.45) is 11.8 Å². The highest BCUT2D eigenvalue weighted by molar-refractivity contribution is 6.31. The summed E-state index contributed by atoms with van der Waals surface area (Å²) < 4.78 is 13.6. The van der Waals surface area contributed by atoms with Crippen LogP contribution in [0.25, 0.3) is 0 Å². The molecule has 1 nitrogen and oxygen atoms in total. The third kappa shape index (κ3) is 4.43. The van der Waals surface area contributed by atoms with Crippen LogP contribution in [0.5, 0.6) is 0 Å². The average molecular weight is 312 g/mol. The van der Waals surface area contributed by atoms with Crippen LogP contribution < -0.4 is 5.32 Å². The van der Waals surface area contributed by atoms with Gasteiger partial charge in [-0.3, -0.25) is 0 Å². The lowest BCUT2D eigenvalue weighted by Crippen LogP contribution is -2.39. The summed E-state index contributed by atoms with van der Waals surface area (Å²) in [5.41, 5.74) is 0.931. The fraction of sp³-hybridized carbons (Fsp3) is 0.667. The molecule has 1 fully saturated rings. The number of halogens is 2. The maximum atomic E-state index is 13.6. The maximum Gasteiger partial charge on any atom is 0.142 e. The van der Waals surface area contributed by atoms with Gasteiger partial charge in [0.15, 0.2) is 0 Å². The third-order valence-corrected chi connectivity index (χ3v) is 5.40. The van der Waals surface area contributed by atoms with Crippen LogP contribution in [-0.4, -0.2) is 12.6 Å². The zero-order chi connectivity index (χ0) is 15.2. The zero-order valence-corrected chi connectivity index (χ0v) is 13.9. The van der Waals surface area contributed by atoms with Gasteiger partial charge in [-0.25, -0.2) is 4.39 Å². The second-order valence-electron chi connectivity index (χ2n) is 6.27. The van der Waals surface area contributed by atoms with Crippen LogP contribution in [0.4, 0.5) is 4.39 Å². The van der Waals surface area contributed by atoms with E-state index in [0.717, 1.165) is 24.4 Å². The molecule has 1 atom stereocenters. The largest absolute Gasteiger partial charge is 0.314 e. The summed E-state index contributed by atoms with van der Waals surface area (Å²) in [5, 5.41) is 3.89. The Morgan fingerprint density at radius 3 is 2.57 bits per heavy atom. The third-order valence-electron chi connectivity index (χ3n) is 4.98. The minimum Gasteiger partial charge on any atom is -0.314 e. The van der Waals surface area contributed by atoms with Crippen molar-refractivity contribution in [3.05, 3.63) is 34.6 Å². The first-order chi connectivity index (χ1) is 10.2. The van der Waals surface area contributed by atoms with Crippen molar-refractivity contribution < 1.29 is 4.39 Å². The summed E-state index contributed by atoms with van der Waals surface area (Å²) in [4.78, 5) is 0. The highest BCUT2D eigenvalue weighted by atomic mass is 35.5. The van der Waals surface area contributed by atoms with Crippen LogP contribution in [0.2, 0.25) is 5.02 Å². The standard InChI is InChI=1S/C18H27ClFN/c1-3-13-8-10-14(11-9-13)17(21-4-2)12-15-6-5-7-16(20)18(15)19/h5-7,13-14,17,21H,3-4,8-12H2,1-2H3. The Kier molecular flexibility index (Phi) is 6.50. The SMILES string of the molecule is CCNC(Cc1cccc(F)c1Cl)C1CCC(CC)CC1. The molecule has 118 valence electrons. The first kappa shape index (κ1) is 16.8. The van der Waals surface area contributed by atoms with Gasteiger partial charge in [-0.05, 0) is 49.3 Å². The van der Waals surface area contributed by atoms with Crippen LogP contribution in [-0.2, 0) is 6.42 Å². The molecule has 0 amide bonds. The van der Waals surface area contributed by atoms with Gasteiger partial charge in [0.25, 0.3) is 0 Å². The van der Waals surface area contributed by atoms with Crippen LogP contribution in [0, 0.1) is 17.7 Å². The Morgan fingerprint density at radius 1 is 1.24 bits per heavy atom. The summed E-state index contributed by atoms with van der Waals surface area (Å²) in [5.74, 6) is 1.28. The van der Waals surface area contributed by atoms with Crippen molar-refractivity contribution in [2.45, 2.75) is 58.4 Å². The number of hydrogen-bond donors (Lipinski definition) is 1. The van der Waals surface area contributed by atoms with Gasteiger partial charge in [0.05, 0.1) is 5.02 Å². The van der Waals surface area contributed by atoms with E-state index in [1.54, 1.807) is 6.07 Å². The van der Waals surface area contributed by atoms with Crippen LogP contribution in [0.1, 0.15) is 51.5 Å². The van der Waals surface area contributed by atoms with E-state index in [1.807, 2.05) is 6.07 Å². The zero-order valence-electron chi connectivity index (χ0n) is 13.2. The molecule has 1 aromatic rings. The van der Waals surface area contributed by atoms with Crippen molar-refractivity contribution in [3.63, 3.8) is 0 Å². The fourth-order valence-corrected chi connectivity index (χ4v) is 3.81. The highest BCUT2D eigenvalue weighted by Crippen LogP contribution is 2.34. The summed E-state index contributed by atoms with van der Waals surface area (Å²) >= 11 is 6.12. The quantitative estimate of drug-likeness (QED) is 0.760. The van der Waals surface area contributed by atoms with Gasteiger partial charge in [0.1, 0.15) is 5.82 Å². The monoisotopic (exact) mass is 311 g/mol. The molecule has 0 spiro atoms. The first-order valence-corrected chi connectivity index (χ1v) is 8.69. The molecule has 1 aliphatic carbocycles. The van der Waals surface area contributed by atoms with E-state index in [-0.39, 0.29) is 5.82 Å². The van der Waals surface area contributed by atoms with Gasteiger partial charge in [0.2, 0.25) is 0 Å². The molecule has 1 N–H and O–H groups in total. The molecule has 0 saturated heterocycles. The van der Waals surface area contributed by atoms with Crippen molar-refractivity contribution in [1.82, 2.24) is 5.32 Å². The Morgan fingerprint density at radius 2 is 1.95 bits per heavy atom. The molecule has 21 heavy (non-hydrogen) atoms. The van der Waals surface area contributed by atoms with Gasteiger partial charge in [0, 0.05) is 6.04 Å². The molecular weight excluding hydrogens is 285 g/mol. The minimum atomic E-state index is -0.306. The first-order valence-electron chi connectivity index (χ1n) is 8.31. The molecule has 0 aromatic heterocycles. The maximum absolute atomic E-state index is 13.6. The number of benzene rings is 1. The smallest absolute Gasteiger partial charge is 0.142 e. The van der Waals surface area contributed by atoms with Crippen LogP contribution in [0.15, 0.2) is 18.2 Å². The van der Waals surface area contributed by atoms with E-state index in [1.165, 1.54) is 38.2 Å². The number of likely N-dealkylation sites (N-methyl/N-ethyl adjacent to an activating group) is 1. The predicted octanol–water partition coefficient (Wildman–Crippen LogP) is 5.22. The normalized spacial score (nSPS) is 24.0. The molecule has 2 rings (SSSR count). The van der Waals surface area contributed by atoms with E-state index in [4.69, 9.17) is 11.6 Å². The average Bonchev–Trinajstić information content (AvgIpc) is 2.51. The van der Waals surface area contributed by atoms with Crippen LogP contribution in [0.3, 0.4) is 0 Å². The molecular formula is C18H27ClFN. The Balaban J connectivity index is 2.04.